The first kappa shape index (κ1) is 19.8. The molecular weight excluding hydrogens is 378 g/mol. The molecule has 0 bridgehead atoms. The molecule has 2 aromatic heterocycles. The number of esters is 1. The smallest absolute Gasteiger partial charge is 0.349 e. The molecule has 1 amide bonds. The molecule has 0 saturated heterocycles. The number of hydrogen-bond donors (Lipinski definition) is 1. The van der Waals surface area contributed by atoms with Crippen LogP contribution in [-0.2, 0) is 16.1 Å². The Hall–Kier alpha value is -3.00. The maximum atomic E-state index is 12.4. The number of H-pyrrole nitrogens is 1. The molecule has 2 heterocycles. The lowest BCUT2D eigenvalue weighted by atomic mass is 10.1. The van der Waals surface area contributed by atoms with E-state index in [9.17, 15) is 14.4 Å². The van der Waals surface area contributed by atoms with Crippen LogP contribution in [0.15, 0.2) is 29.1 Å². The van der Waals surface area contributed by atoms with Crippen molar-refractivity contribution in [3.05, 3.63) is 62.0 Å². The average molecular weight is 399 g/mol. The fourth-order valence-corrected chi connectivity index (χ4v) is 4.00. The number of aromatic nitrogens is 2. The third-order valence-corrected chi connectivity index (χ3v) is 5.69. The van der Waals surface area contributed by atoms with Gasteiger partial charge in [-0.3, -0.25) is 9.59 Å². The van der Waals surface area contributed by atoms with E-state index in [-0.39, 0.29) is 23.0 Å². The highest BCUT2D eigenvalue weighted by molar-refractivity contribution is 7.20. The van der Waals surface area contributed by atoms with Gasteiger partial charge in [-0.25, -0.2) is 9.78 Å². The van der Waals surface area contributed by atoms with Crippen molar-refractivity contribution in [1.82, 2.24) is 14.9 Å². The number of ether oxygens (including phenoxy) is 1. The van der Waals surface area contributed by atoms with Gasteiger partial charge in [0.25, 0.3) is 11.5 Å². The maximum absolute atomic E-state index is 12.4. The summed E-state index contributed by atoms with van der Waals surface area (Å²) in [6.07, 6.45) is 0. The topological polar surface area (TPSA) is 92.4 Å². The van der Waals surface area contributed by atoms with Crippen LogP contribution in [0, 0.1) is 20.8 Å². The number of benzene rings is 1. The van der Waals surface area contributed by atoms with Crippen LogP contribution < -0.4 is 5.56 Å². The summed E-state index contributed by atoms with van der Waals surface area (Å²) in [6.45, 7) is 5.40. The lowest BCUT2D eigenvalue weighted by Crippen LogP contribution is -2.31. The Labute approximate surface area is 166 Å². The molecule has 0 aliphatic rings. The van der Waals surface area contributed by atoms with E-state index in [1.807, 2.05) is 31.2 Å². The van der Waals surface area contributed by atoms with Crippen molar-refractivity contribution in [2.24, 2.45) is 0 Å². The number of aryl methyl sites for hydroxylation is 3. The summed E-state index contributed by atoms with van der Waals surface area (Å²) in [7, 11) is 1.67. The molecule has 1 aromatic carbocycles. The summed E-state index contributed by atoms with van der Waals surface area (Å²) < 4.78 is 5.20. The Morgan fingerprint density at radius 2 is 1.93 bits per heavy atom. The van der Waals surface area contributed by atoms with Crippen molar-refractivity contribution in [3.63, 3.8) is 0 Å². The third-order valence-electron chi connectivity index (χ3n) is 4.53. The Bertz CT molecular complexity index is 1120. The molecule has 3 aromatic rings. The summed E-state index contributed by atoms with van der Waals surface area (Å²) in [5.74, 6) is -0.455. The van der Waals surface area contributed by atoms with Crippen LogP contribution in [0.4, 0.5) is 0 Å². The molecule has 7 nitrogen and oxygen atoms in total. The molecule has 0 unspecified atom stereocenters. The number of carbonyl (C=O) groups excluding carboxylic acids is 2. The first-order chi connectivity index (χ1) is 13.3. The summed E-state index contributed by atoms with van der Waals surface area (Å²) in [5.41, 5.74) is 2.35. The van der Waals surface area contributed by atoms with E-state index >= 15 is 0 Å². The van der Waals surface area contributed by atoms with E-state index in [0.717, 1.165) is 22.5 Å². The first-order valence-corrected chi connectivity index (χ1v) is 9.55. The maximum Gasteiger partial charge on any atom is 0.349 e. The van der Waals surface area contributed by atoms with Gasteiger partial charge >= 0.3 is 5.97 Å². The number of carbonyl (C=O) groups is 2. The average Bonchev–Trinajstić information content (AvgIpc) is 2.97. The molecule has 8 heteroatoms. The van der Waals surface area contributed by atoms with Gasteiger partial charge < -0.3 is 14.6 Å². The number of nitrogens with one attached hydrogen (secondary N) is 1. The zero-order valence-corrected chi connectivity index (χ0v) is 17.0. The van der Waals surface area contributed by atoms with Crippen LogP contribution in [0.5, 0.6) is 0 Å². The van der Waals surface area contributed by atoms with Gasteiger partial charge in [-0.2, -0.15) is 0 Å². The van der Waals surface area contributed by atoms with E-state index < -0.39 is 5.97 Å². The van der Waals surface area contributed by atoms with Crippen molar-refractivity contribution in [1.29, 1.82) is 0 Å². The second kappa shape index (κ2) is 7.93. The summed E-state index contributed by atoms with van der Waals surface area (Å²) in [4.78, 5) is 46.1. The fraction of sp³-hybridized carbons (Fsp3) is 0.300. The predicted octanol–water partition coefficient (Wildman–Crippen LogP) is 2.73. The van der Waals surface area contributed by atoms with E-state index in [0.29, 0.717) is 28.1 Å². The minimum atomic E-state index is -0.629. The van der Waals surface area contributed by atoms with Crippen LogP contribution in [0.2, 0.25) is 0 Å². The van der Waals surface area contributed by atoms with E-state index in [4.69, 9.17) is 4.74 Å². The molecule has 0 aliphatic heterocycles. The van der Waals surface area contributed by atoms with Crippen LogP contribution in [0.3, 0.4) is 0 Å². The number of hydrogen-bond acceptors (Lipinski definition) is 6. The molecule has 1 N–H and O–H groups in total. The highest BCUT2D eigenvalue weighted by atomic mass is 32.1. The van der Waals surface area contributed by atoms with Crippen molar-refractivity contribution >= 4 is 33.4 Å². The summed E-state index contributed by atoms with van der Waals surface area (Å²) in [6, 6.07) is 7.80. The lowest BCUT2D eigenvalue weighted by molar-refractivity contribution is -0.133. The summed E-state index contributed by atoms with van der Waals surface area (Å²) >= 11 is 1.09. The molecule has 0 spiro atoms. The van der Waals surface area contributed by atoms with Gasteiger partial charge in [0, 0.05) is 13.6 Å². The van der Waals surface area contributed by atoms with E-state index in [1.165, 1.54) is 4.90 Å². The lowest BCUT2D eigenvalue weighted by Gasteiger charge is -2.18. The Morgan fingerprint density at radius 1 is 1.21 bits per heavy atom. The van der Waals surface area contributed by atoms with Crippen molar-refractivity contribution in [2.45, 2.75) is 27.3 Å². The number of thiophene rings is 1. The third kappa shape index (κ3) is 3.96. The van der Waals surface area contributed by atoms with Gasteiger partial charge in [0.05, 0.1) is 5.39 Å². The molecule has 3 rings (SSSR count). The monoisotopic (exact) mass is 399 g/mol. The molecule has 0 atom stereocenters. The zero-order valence-electron chi connectivity index (χ0n) is 16.2. The minimum absolute atomic E-state index is 0.285. The van der Waals surface area contributed by atoms with Gasteiger partial charge in [0.2, 0.25) is 0 Å². The number of aromatic amines is 1. The minimum Gasteiger partial charge on any atom is -0.451 e. The predicted molar refractivity (Wildman–Crippen MR) is 108 cm³/mol. The fourth-order valence-electron chi connectivity index (χ4n) is 2.88. The molecule has 0 saturated carbocycles. The van der Waals surface area contributed by atoms with Gasteiger partial charge in [0.1, 0.15) is 15.5 Å². The number of rotatable bonds is 5. The number of amides is 1. The molecule has 0 aliphatic carbocycles. The molecule has 0 fully saturated rings. The SMILES string of the molecule is Cc1nc2sc(C(=O)OCC(=O)N(C)Cc3ccccc3C)c(C)c2c(=O)[nH]1. The zero-order chi connectivity index (χ0) is 20.4. The van der Waals surface area contributed by atoms with Crippen LogP contribution in [0.25, 0.3) is 10.2 Å². The molecule has 146 valence electrons. The molecule has 0 radical (unpaired) electrons. The van der Waals surface area contributed by atoms with Crippen molar-refractivity contribution in [3.8, 4) is 0 Å². The quantitative estimate of drug-likeness (QED) is 0.666. The van der Waals surface area contributed by atoms with E-state index in [2.05, 4.69) is 9.97 Å². The number of likely N-dealkylation sites (N-methyl/N-ethyl adjacent to an activating group) is 1. The van der Waals surface area contributed by atoms with Gasteiger partial charge in [-0.1, -0.05) is 24.3 Å². The van der Waals surface area contributed by atoms with Crippen molar-refractivity contribution < 1.29 is 14.3 Å². The van der Waals surface area contributed by atoms with Crippen molar-refractivity contribution in [2.75, 3.05) is 13.7 Å². The summed E-state index contributed by atoms with van der Waals surface area (Å²) in [5, 5.41) is 0.380. The van der Waals surface area contributed by atoms with Gasteiger partial charge in [-0.05, 0) is 37.5 Å². The Balaban J connectivity index is 1.68. The first-order valence-electron chi connectivity index (χ1n) is 8.73. The second-order valence-corrected chi connectivity index (χ2v) is 7.64. The number of fused-ring (bicyclic) bond motifs is 1. The second-order valence-electron chi connectivity index (χ2n) is 6.64. The normalized spacial score (nSPS) is 10.9. The molecule has 28 heavy (non-hydrogen) atoms. The molecular formula is C20H21N3O4S. The standard InChI is InChI=1S/C20H21N3O4S/c1-11-7-5-6-8-14(11)9-23(4)15(24)10-27-20(26)17-12(2)16-18(25)21-13(3)22-19(16)28-17/h5-8H,9-10H2,1-4H3,(H,21,22,25). The Morgan fingerprint density at radius 3 is 2.64 bits per heavy atom. The van der Waals surface area contributed by atoms with Crippen LogP contribution in [-0.4, -0.2) is 40.4 Å². The van der Waals surface area contributed by atoms with Gasteiger partial charge in [0.15, 0.2) is 6.61 Å². The van der Waals surface area contributed by atoms with E-state index in [1.54, 1.807) is 20.9 Å². The number of nitrogens with zero attached hydrogens (tertiary/aromatic N) is 2. The largest absolute Gasteiger partial charge is 0.451 e. The van der Waals surface area contributed by atoms with Crippen LogP contribution >= 0.6 is 11.3 Å². The highest BCUT2D eigenvalue weighted by Crippen LogP contribution is 2.27. The highest BCUT2D eigenvalue weighted by Gasteiger charge is 2.21. The van der Waals surface area contributed by atoms with Gasteiger partial charge in [-0.15, -0.1) is 11.3 Å². The Kier molecular flexibility index (Phi) is 5.60. The van der Waals surface area contributed by atoms with Crippen LogP contribution in [0.1, 0.15) is 32.2 Å².